The van der Waals surface area contributed by atoms with Crippen molar-refractivity contribution in [2.24, 2.45) is 0 Å². The topological polar surface area (TPSA) is 83.1 Å². The molecule has 3 aromatic carbocycles. The minimum Gasteiger partial charge on any atom is -0.489 e. The minimum atomic E-state index is -0.551. The van der Waals surface area contributed by atoms with Gasteiger partial charge in [-0.3, -0.25) is 4.79 Å². The Hall–Kier alpha value is -3.88. The molecule has 1 amide bonds. The van der Waals surface area contributed by atoms with Crippen LogP contribution >= 0.6 is 11.3 Å². The number of ether oxygens (including phenoxy) is 4. The molecule has 0 aliphatic rings. The molecule has 1 aromatic heterocycles. The molecule has 0 aliphatic heterocycles. The first-order valence-corrected chi connectivity index (χ1v) is 14.9. The molecule has 4 aromatic rings. The van der Waals surface area contributed by atoms with Crippen LogP contribution in [-0.2, 0) is 38.6 Å². The monoisotopic (exact) mass is 589 g/mol. The fraction of sp³-hybridized carbons (Fsp3) is 0.353. The van der Waals surface area contributed by atoms with Crippen LogP contribution in [0.4, 0.5) is 4.79 Å². The van der Waals surface area contributed by atoms with E-state index in [0.29, 0.717) is 25.5 Å². The first-order valence-electron chi connectivity index (χ1n) is 14.0. The van der Waals surface area contributed by atoms with E-state index in [4.69, 9.17) is 18.9 Å². The molecule has 1 N–H and O–H groups in total. The second-order valence-corrected chi connectivity index (χ2v) is 12.3. The summed E-state index contributed by atoms with van der Waals surface area (Å²) in [6, 6.07) is 20.4. The van der Waals surface area contributed by atoms with Gasteiger partial charge in [0, 0.05) is 23.9 Å². The van der Waals surface area contributed by atoms with E-state index in [1.807, 2.05) is 58.0 Å². The number of amides is 1. The summed E-state index contributed by atoms with van der Waals surface area (Å²) in [5.41, 5.74) is 5.40. The van der Waals surface area contributed by atoms with E-state index in [1.54, 1.807) is 25.4 Å². The van der Waals surface area contributed by atoms with Crippen molar-refractivity contribution in [3.63, 3.8) is 0 Å². The third kappa shape index (κ3) is 8.81. The second kappa shape index (κ2) is 13.9. The number of hydrogen-bond donors (Lipinski definition) is 1. The minimum absolute atomic E-state index is 0.114. The molecule has 0 saturated heterocycles. The van der Waals surface area contributed by atoms with Gasteiger partial charge in [-0.15, -0.1) is 11.3 Å². The lowest BCUT2D eigenvalue weighted by Crippen LogP contribution is -2.32. The Kier molecular flexibility index (Phi) is 10.2. The standard InChI is InChI=1S/C34H39NO6S/c1-22-10-11-27(18-31(36)40-23(2)20-38-6)30(14-22)39-21-25-16-28-12-13-42-32(28)29(17-25)26-9-7-8-24(15-26)19-35-33(37)41-34(3,4)5/h7-17,23H,18-21H2,1-6H3,(H,35,37). The normalized spacial score (nSPS) is 12.1. The van der Waals surface area contributed by atoms with Gasteiger partial charge in [-0.2, -0.15) is 0 Å². The van der Waals surface area contributed by atoms with Crippen LogP contribution in [0.15, 0.2) is 66.0 Å². The number of nitrogens with one attached hydrogen (secondary N) is 1. The van der Waals surface area contributed by atoms with Crippen molar-refractivity contribution in [3.8, 4) is 16.9 Å². The summed E-state index contributed by atoms with van der Waals surface area (Å²) < 4.78 is 23.4. The highest BCUT2D eigenvalue weighted by Crippen LogP contribution is 2.35. The van der Waals surface area contributed by atoms with Crippen molar-refractivity contribution in [2.45, 2.75) is 65.9 Å². The van der Waals surface area contributed by atoms with Gasteiger partial charge < -0.3 is 24.3 Å². The molecule has 8 heteroatoms. The molecule has 1 unspecified atom stereocenters. The predicted octanol–water partition coefficient (Wildman–Crippen LogP) is 7.60. The van der Waals surface area contributed by atoms with Gasteiger partial charge in [0.05, 0.1) is 13.0 Å². The molecule has 0 spiro atoms. The summed E-state index contributed by atoms with van der Waals surface area (Å²) in [6.07, 6.45) is -0.650. The second-order valence-electron chi connectivity index (χ2n) is 11.4. The van der Waals surface area contributed by atoms with Gasteiger partial charge in [-0.25, -0.2) is 4.79 Å². The number of fused-ring (bicyclic) bond motifs is 1. The van der Waals surface area contributed by atoms with Crippen molar-refractivity contribution in [3.05, 3.63) is 88.3 Å². The number of carbonyl (C=O) groups excluding carboxylic acids is 2. The molecule has 0 bridgehead atoms. The van der Waals surface area contributed by atoms with Gasteiger partial charge in [0.25, 0.3) is 0 Å². The fourth-order valence-electron chi connectivity index (χ4n) is 4.57. The number of alkyl carbamates (subject to hydrolysis) is 1. The number of methoxy groups -OCH3 is 1. The smallest absolute Gasteiger partial charge is 0.407 e. The first-order chi connectivity index (χ1) is 20.0. The van der Waals surface area contributed by atoms with Crippen molar-refractivity contribution in [1.29, 1.82) is 0 Å². The summed E-state index contributed by atoms with van der Waals surface area (Å²) >= 11 is 1.69. The van der Waals surface area contributed by atoms with Crippen LogP contribution in [-0.4, -0.2) is 37.5 Å². The maximum atomic E-state index is 12.5. The summed E-state index contributed by atoms with van der Waals surface area (Å²) in [4.78, 5) is 24.7. The van der Waals surface area contributed by atoms with E-state index in [-0.39, 0.29) is 18.5 Å². The van der Waals surface area contributed by atoms with Crippen molar-refractivity contribution < 1.29 is 28.5 Å². The molecule has 42 heavy (non-hydrogen) atoms. The van der Waals surface area contributed by atoms with Crippen LogP contribution in [0.2, 0.25) is 0 Å². The Morgan fingerprint density at radius 2 is 1.81 bits per heavy atom. The number of hydrogen-bond acceptors (Lipinski definition) is 7. The first kappa shape index (κ1) is 31.1. The van der Waals surface area contributed by atoms with Gasteiger partial charge in [0.1, 0.15) is 24.1 Å². The third-order valence-corrected chi connectivity index (χ3v) is 7.33. The molecule has 0 radical (unpaired) electrons. The van der Waals surface area contributed by atoms with E-state index in [2.05, 4.69) is 41.0 Å². The number of benzene rings is 3. The zero-order chi connectivity index (χ0) is 30.3. The van der Waals surface area contributed by atoms with Crippen LogP contribution < -0.4 is 10.1 Å². The Bertz CT molecular complexity index is 1540. The summed E-state index contributed by atoms with van der Waals surface area (Å²) in [5, 5.41) is 6.06. The number of esters is 1. The van der Waals surface area contributed by atoms with Crippen molar-refractivity contribution in [1.82, 2.24) is 5.32 Å². The molecule has 0 fully saturated rings. The van der Waals surface area contributed by atoms with Gasteiger partial charge in [-0.05, 0) is 104 Å². The highest BCUT2D eigenvalue weighted by molar-refractivity contribution is 7.17. The number of rotatable bonds is 11. The van der Waals surface area contributed by atoms with Gasteiger partial charge in [0.15, 0.2) is 0 Å². The van der Waals surface area contributed by atoms with Crippen LogP contribution in [0, 0.1) is 6.92 Å². The Labute approximate surface area is 251 Å². The maximum Gasteiger partial charge on any atom is 0.407 e. The number of thiophene rings is 1. The molecule has 1 atom stereocenters. The third-order valence-electron chi connectivity index (χ3n) is 6.37. The van der Waals surface area contributed by atoms with Crippen molar-refractivity contribution in [2.75, 3.05) is 13.7 Å². The Morgan fingerprint density at radius 3 is 2.57 bits per heavy atom. The predicted molar refractivity (Wildman–Crippen MR) is 167 cm³/mol. The van der Waals surface area contributed by atoms with Gasteiger partial charge in [0.2, 0.25) is 0 Å². The zero-order valence-corrected chi connectivity index (χ0v) is 25.9. The van der Waals surface area contributed by atoms with Crippen LogP contribution in [0.5, 0.6) is 5.75 Å². The average molecular weight is 590 g/mol. The molecule has 7 nitrogen and oxygen atoms in total. The maximum absolute atomic E-state index is 12.5. The van der Waals surface area contributed by atoms with Crippen LogP contribution in [0.25, 0.3) is 21.2 Å². The SMILES string of the molecule is COCC(C)OC(=O)Cc1ccc(C)cc1OCc1cc(-c2cccc(CNC(=O)OC(C)(C)C)c2)c2sccc2c1. The highest BCUT2D eigenvalue weighted by atomic mass is 32.1. The Balaban J connectivity index is 1.52. The quantitative estimate of drug-likeness (QED) is 0.181. The summed E-state index contributed by atoms with van der Waals surface area (Å²) in [5.74, 6) is 0.338. The van der Waals surface area contributed by atoms with E-state index >= 15 is 0 Å². The van der Waals surface area contributed by atoms with Gasteiger partial charge >= 0.3 is 12.1 Å². The number of aryl methyl sites for hydroxylation is 1. The molecule has 222 valence electrons. The van der Waals surface area contributed by atoms with Gasteiger partial charge in [-0.1, -0.05) is 30.3 Å². The van der Waals surface area contributed by atoms with E-state index in [9.17, 15) is 9.59 Å². The lowest BCUT2D eigenvalue weighted by Gasteiger charge is -2.19. The summed E-state index contributed by atoms with van der Waals surface area (Å²) in [6.45, 7) is 10.4. The molecule has 1 heterocycles. The van der Waals surface area contributed by atoms with E-state index in [0.717, 1.165) is 38.8 Å². The highest BCUT2D eigenvalue weighted by Gasteiger charge is 2.17. The average Bonchev–Trinajstić information content (AvgIpc) is 3.39. The lowest BCUT2D eigenvalue weighted by molar-refractivity contribution is -0.149. The van der Waals surface area contributed by atoms with Crippen LogP contribution in [0.1, 0.15) is 49.9 Å². The largest absolute Gasteiger partial charge is 0.489 e. The van der Waals surface area contributed by atoms with Crippen LogP contribution in [0.3, 0.4) is 0 Å². The molecule has 0 saturated carbocycles. The summed E-state index contributed by atoms with van der Waals surface area (Å²) in [7, 11) is 1.58. The van der Waals surface area contributed by atoms with E-state index in [1.165, 1.54) is 4.70 Å². The molecule has 0 aliphatic carbocycles. The lowest BCUT2D eigenvalue weighted by atomic mass is 9.99. The van der Waals surface area contributed by atoms with Crippen molar-refractivity contribution >= 4 is 33.5 Å². The molecular formula is C34H39NO6S. The number of carbonyl (C=O) groups is 2. The zero-order valence-electron chi connectivity index (χ0n) is 25.1. The molecular weight excluding hydrogens is 550 g/mol. The Morgan fingerprint density at radius 1 is 1.00 bits per heavy atom. The van der Waals surface area contributed by atoms with E-state index < -0.39 is 11.7 Å². The molecule has 4 rings (SSSR count). The fourth-order valence-corrected chi connectivity index (χ4v) is 5.49.